The molecule has 0 amide bonds. The lowest BCUT2D eigenvalue weighted by molar-refractivity contribution is -0.188. The highest BCUT2D eigenvalue weighted by Gasteiger charge is 2.58. The predicted molar refractivity (Wildman–Crippen MR) is 121 cm³/mol. The summed E-state index contributed by atoms with van der Waals surface area (Å²) in [6, 6.07) is 0.927. The zero-order chi connectivity index (χ0) is 19.0. The summed E-state index contributed by atoms with van der Waals surface area (Å²) in [7, 11) is 2.00. The molecule has 0 radical (unpaired) electrons. The molecule has 4 rings (SSSR count). The Kier molecular flexibility index (Phi) is 6.89. The largest absolute Gasteiger partial charge is 0.377 e. The molecule has 158 valence electrons. The molecule has 8 heteroatoms. The van der Waals surface area contributed by atoms with Gasteiger partial charge in [0.15, 0.2) is 11.8 Å². The van der Waals surface area contributed by atoms with E-state index in [0.717, 1.165) is 30.6 Å². The third-order valence-electron chi connectivity index (χ3n) is 6.88. The number of rotatable bonds is 4. The van der Waals surface area contributed by atoms with E-state index in [1.54, 1.807) is 0 Å². The summed E-state index contributed by atoms with van der Waals surface area (Å²) in [5.41, 5.74) is 0.130. The van der Waals surface area contributed by atoms with E-state index in [1.165, 1.54) is 32.1 Å². The maximum absolute atomic E-state index is 6.06. The van der Waals surface area contributed by atoms with Crippen molar-refractivity contribution in [3.05, 3.63) is 11.6 Å². The van der Waals surface area contributed by atoms with Gasteiger partial charge in [-0.15, -0.1) is 34.2 Å². The van der Waals surface area contributed by atoms with Gasteiger partial charge in [0, 0.05) is 37.1 Å². The number of nitrogens with one attached hydrogen (secondary N) is 2. The quantitative estimate of drug-likeness (QED) is 0.376. The summed E-state index contributed by atoms with van der Waals surface area (Å²) in [4.78, 5) is 4.89. The lowest BCUT2D eigenvalue weighted by atomic mass is 9.55. The predicted octanol–water partition coefficient (Wildman–Crippen LogP) is 2.92. The van der Waals surface area contributed by atoms with E-state index in [0.29, 0.717) is 30.7 Å². The van der Waals surface area contributed by atoms with Gasteiger partial charge in [0.05, 0.1) is 6.10 Å². The van der Waals surface area contributed by atoms with E-state index >= 15 is 0 Å². The van der Waals surface area contributed by atoms with Gasteiger partial charge in [0.1, 0.15) is 12.4 Å². The van der Waals surface area contributed by atoms with E-state index in [-0.39, 0.29) is 29.4 Å². The highest BCUT2D eigenvalue weighted by molar-refractivity contribution is 14.0. The maximum Gasteiger partial charge on any atom is 0.192 e. The summed E-state index contributed by atoms with van der Waals surface area (Å²) in [6.07, 6.45) is 7.85. The van der Waals surface area contributed by atoms with Crippen LogP contribution in [0.15, 0.2) is 4.99 Å². The van der Waals surface area contributed by atoms with Crippen molar-refractivity contribution in [2.24, 2.45) is 23.4 Å². The van der Waals surface area contributed by atoms with Gasteiger partial charge in [-0.2, -0.15) is 0 Å². The van der Waals surface area contributed by atoms with E-state index in [1.807, 2.05) is 18.5 Å². The number of aromatic nitrogens is 3. The van der Waals surface area contributed by atoms with Crippen LogP contribution < -0.4 is 10.6 Å². The number of guanidine groups is 1. The van der Waals surface area contributed by atoms with E-state index < -0.39 is 0 Å². The van der Waals surface area contributed by atoms with Gasteiger partial charge in [-0.25, -0.2) is 4.99 Å². The zero-order valence-electron chi connectivity index (χ0n) is 17.6. The minimum atomic E-state index is 0. The van der Waals surface area contributed by atoms with Gasteiger partial charge in [-0.3, -0.25) is 0 Å². The smallest absolute Gasteiger partial charge is 0.192 e. The number of aliphatic imine (C=N–C) groups is 1. The minimum absolute atomic E-state index is 0. The monoisotopic (exact) mass is 502 g/mol. The molecule has 1 aliphatic heterocycles. The Morgan fingerprint density at radius 2 is 1.93 bits per heavy atom. The minimum Gasteiger partial charge on any atom is -0.377 e. The van der Waals surface area contributed by atoms with Crippen LogP contribution in [0.5, 0.6) is 0 Å². The lowest BCUT2D eigenvalue weighted by Crippen LogP contribution is -2.71. The summed E-state index contributed by atoms with van der Waals surface area (Å²) < 4.78 is 8.07. The first kappa shape index (κ1) is 21.8. The Labute approximate surface area is 185 Å². The van der Waals surface area contributed by atoms with Crippen LogP contribution in [-0.2, 0) is 18.3 Å². The fraction of sp³-hybridized carbons (Fsp3) is 0.850. The second-order valence-corrected chi connectivity index (χ2v) is 9.05. The number of hydrogen-bond donors (Lipinski definition) is 2. The first-order chi connectivity index (χ1) is 13.0. The molecule has 1 aromatic heterocycles. The Morgan fingerprint density at radius 3 is 2.61 bits per heavy atom. The summed E-state index contributed by atoms with van der Waals surface area (Å²) >= 11 is 0. The first-order valence-corrected chi connectivity index (χ1v) is 10.5. The third-order valence-corrected chi connectivity index (χ3v) is 6.88. The van der Waals surface area contributed by atoms with Gasteiger partial charge >= 0.3 is 0 Å². The molecule has 0 bridgehead atoms. The molecule has 1 aromatic rings. The van der Waals surface area contributed by atoms with Gasteiger partial charge in [0.2, 0.25) is 0 Å². The molecule has 3 unspecified atom stereocenters. The third kappa shape index (κ3) is 4.17. The number of hydrogen-bond acceptors (Lipinski definition) is 4. The summed E-state index contributed by atoms with van der Waals surface area (Å²) in [5.74, 6) is 3.32. The van der Waals surface area contributed by atoms with Crippen molar-refractivity contribution in [2.45, 2.75) is 84.0 Å². The molecule has 2 heterocycles. The Balaban J connectivity index is 0.00000225. The summed E-state index contributed by atoms with van der Waals surface area (Å²) in [6.45, 7) is 8.05. The SMILES string of the molecule is Cc1nnc(CN=C(NC2CCCC2)NC2C3CCCOC3C2(C)C)n1C.I. The molecule has 0 aromatic carbocycles. The van der Waals surface area contributed by atoms with Crippen molar-refractivity contribution >= 4 is 29.9 Å². The average Bonchev–Trinajstić information content (AvgIpc) is 3.28. The lowest BCUT2D eigenvalue weighted by Gasteiger charge is -2.60. The van der Waals surface area contributed by atoms with Crippen LogP contribution in [0.2, 0.25) is 0 Å². The summed E-state index contributed by atoms with van der Waals surface area (Å²) in [5, 5.41) is 15.9. The Bertz CT molecular complexity index is 697. The molecule has 3 aliphatic rings. The number of fused-ring (bicyclic) bond motifs is 1. The topological polar surface area (TPSA) is 76.4 Å². The van der Waals surface area contributed by atoms with Crippen LogP contribution in [0.1, 0.15) is 64.0 Å². The molecule has 2 saturated carbocycles. The van der Waals surface area contributed by atoms with Crippen molar-refractivity contribution in [1.82, 2.24) is 25.4 Å². The molecular weight excluding hydrogens is 467 g/mol. The standard InChI is InChI=1S/C20H34N6O.HI/c1-13-24-25-16(26(13)4)12-21-19(22-14-8-5-6-9-14)23-17-15-10-7-11-27-18(15)20(17,2)3;/h14-15,17-18H,5-12H2,1-4H3,(H2,21,22,23);1H. The highest BCUT2D eigenvalue weighted by Crippen LogP contribution is 2.51. The van der Waals surface area contributed by atoms with Crippen molar-refractivity contribution in [2.75, 3.05) is 6.61 Å². The van der Waals surface area contributed by atoms with Gasteiger partial charge < -0.3 is 19.9 Å². The van der Waals surface area contributed by atoms with Gasteiger partial charge in [-0.05, 0) is 32.6 Å². The molecule has 1 saturated heterocycles. The zero-order valence-corrected chi connectivity index (χ0v) is 19.9. The Morgan fingerprint density at radius 1 is 1.18 bits per heavy atom. The number of aryl methyl sites for hydroxylation is 1. The van der Waals surface area contributed by atoms with Crippen LogP contribution in [0.3, 0.4) is 0 Å². The fourth-order valence-electron chi connectivity index (χ4n) is 5.10. The van der Waals surface area contributed by atoms with Gasteiger partial charge in [0.25, 0.3) is 0 Å². The van der Waals surface area contributed by atoms with Crippen molar-refractivity contribution in [3.8, 4) is 0 Å². The van der Waals surface area contributed by atoms with Gasteiger partial charge in [-0.1, -0.05) is 26.7 Å². The van der Waals surface area contributed by atoms with Crippen LogP contribution >= 0.6 is 24.0 Å². The first-order valence-electron chi connectivity index (χ1n) is 10.5. The van der Waals surface area contributed by atoms with Crippen LogP contribution in [-0.4, -0.2) is 45.5 Å². The molecule has 2 aliphatic carbocycles. The molecule has 28 heavy (non-hydrogen) atoms. The molecular formula is C20H35IN6O. The number of nitrogens with zero attached hydrogens (tertiary/aromatic N) is 4. The van der Waals surface area contributed by atoms with E-state index in [9.17, 15) is 0 Å². The second-order valence-electron chi connectivity index (χ2n) is 9.05. The normalized spacial score (nSPS) is 29.6. The second kappa shape index (κ2) is 8.85. The van der Waals surface area contributed by atoms with Crippen LogP contribution in [0.4, 0.5) is 0 Å². The number of ether oxygens (including phenoxy) is 1. The fourth-order valence-corrected chi connectivity index (χ4v) is 5.10. The van der Waals surface area contributed by atoms with Crippen molar-refractivity contribution < 1.29 is 4.74 Å². The number of halogens is 1. The molecule has 2 N–H and O–H groups in total. The van der Waals surface area contributed by atoms with Crippen LogP contribution in [0, 0.1) is 18.3 Å². The molecule has 7 nitrogen and oxygen atoms in total. The van der Waals surface area contributed by atoms with Crippen molar-refractivity contribution in [1.29, 1.82) is 0 Å². The van der Waals surface area contributed by atoms with E-state index in [2.05, 4.69) is 34.7 Å². The van der Waals surface area contributed by atoms with Crippen LogP contribution in [0.25, 0.3) is 0 Å². The maximum atomic E-state index is 6.06. The van der Waals surface area contributed by atoms with E-state index in [4.69, 9.17) is 9.73 Å². The highest BCUT2D eigenvalue weighted by atomic mass is 127. The molecule has 3 fully saturated rings. The Hall–Kier alpha value is -0.900. The average molecular weight is 502 g/mol. The molecule has 0 spiro atoms. The van der Waals surface area contributed by atoms with Crippen molar-refractivity contribution in [3.63, 3.8) is 0 Å². The molecule has 3 atom stereocenters.